The first-order chi connectivity index (χ1) is 7.56. The summed E-state index contributed by atoms with van der Waals surface area (Å²) in [6, 6.07) is 2.59. The van der Waals surface area contributed by atoms with E-state index in [2.05, 4.69) is 34.8 Å². The number of rotatable bonds is 5. The fraction of sp³-hybridized carbons (Fsp3) is 0.667. The molecule has 4 nitrogen and oxygen atoms in total. The molecule has 0 saturated carbocycles. The molecule has 0 aromatic carbocycles. The Bertz CT molecular complexity index is 377. The number of aromatic nitrogens is 2. The van der Waals surface area contributed by atoms with Gasteiger partial charge in [0.15, 0.2) is 0 Å². The van der Waals surface area contributed by atoms with Gasteiger partial charge in [0.25, 0.3) is 0 Å². The smallest absolute Gasteiger partial charge is 0.108 e. The molecule has 0 spiro atoms. The van der Waals surface area contributed by atoms with Gasteiger partial charge in [-0.05, 0) is 27.3 Å². The van der Waals surface area contributed by atoms with Crippen molar-refractivity contribution in [2.75, 3.05) is 7.05 Å². The van der Waals surface area contributed by atoms with Crippen LogP contribution in [0.2, 0.25) is 0 Å². The molecule has 0 fully saturated rings. The molecule has 0 aliphatic carbocycles. The van der Waals surface area contributed by atoms with Crippen LogP contribution in [0, 0.1) is 11.3 Å². The molecule has 88 valence electrons. The molecular formula is C12H20N4. The predicted molar refractivity (Wildman–Crippen MR) is 64.0 cm³/mol. The maximum absolute atomic E-state index is 9.12. The average molecular weight is 220 g/mol. The van der Waals surface area contributed by atoms with Crippen molar-refractivity contribution in [3.05, 3.63) is 18.2 Å². The Morgan fingerprint density at radius 3 is 2.88 bits per heavy atom. The van der Waals surface area contributed by atoms with Gasteiger partial charge in [0.2, 0.25) is 0 Å². The molecule has 0 aliphatic heterocycles. The van der Waals surface area contributed by atoms with Gasteiger partial charge in [-0.25, -0.2) is 4.98 Å². The van der Waals surface area contributed by atoms with Gasteiger partial charge in [-0.2, -0.15) is 5.26 Å². The molecular weight excluding hydrogens is 200 g/mol. The quantitative estimate of drug-likeness (QED) is 0.824. The summed E-state index contributed by atoms with van der Waals surface area (Å²) in [6.45, 7) is 6.13. The summed E-state index contributed by atoms with van der Waals surface area (Å²) in [6.07, 6.45) is 5.49. The standard InChI is InChI=1S/C12H20N4/c1-5-11-15-6-7-16(11)10(2)8-12(3,9-13)14-4/h6-7,10,14H,5,8H2,1-4H3. The van der Waals surface area contributed by atoms with Crippen molar-refractivity contribution in [2.24, 2.45) is 0 Å². The Labute approximate surface area is 97.3 Å². The molecule has 0 radical (unpaired) electrons. The maximum atomic E-state index is 9.12. The van der Waals surface area contributed by atoms with Gasteiger partial charge in [0.05, 0.1) is 6.07 Å². The van der Waals surface area contributed by atoms with Crippen LogP contribution in [-0.2, 0) is 6.42 Å². The van der Waals surface area contributed by atoms with Crippen molar-refractivity contribution in [2.45, 2.75) is 45.2 Å². The monoisotopic (exact) mass is 220 g/mol. The first kappa shape index (κ1) is 12.7. The average Bonchev–Trinajstić information content (AvgIpc) is 2.76. The highest BCUT2D eigenvalue weighted by atomic mass is 15.1. The van der Waals surface area contributed by atoms with E-state index >= 15 is 0 Å². The van der Waals surface area contributed by atoms with E-state index in [9.17, 15) is 0 Å². The Morgan fingerprint density at radius 1 is 1.69 bits per heavy atom. The van der Waals surface area contributed by atoms with Gasteiger partial charge in [-0.1, -0.05) is 6.92 Å². The van der Waals surface area contributed by atoms with Crippen LogP contribution in [0.3, 0.4) is 0 Å². The molecule has 0 aliphatic rings. The van der Waals surface area contributed by atoms with Crippen molar-refractivity contribution in [3.8, 4) is 6.07 Å². The number of hydrogen-bond donors (Lipinski definition) is 1. The van der Waals surface area contributed by atoms with Crippen LogP contribution in [0.1, 0.15) is 39.1 Å². The van der Waals surface area contributed by atoms with E-state index in [1.54, 1.807) is 0 Å². The third-order valence-corrected chi connectivity index (χ3v) is 3.04. The van der Waals surface area contributed by atoms with Gasteiger partial charge in [-0.15, -0.1) is 0 Å². The zero-order valence-corrected chi connectivity index (χ0v) is 10.5. The Kier molecular flexibility index (Phi) is 4.08. The third kappa shape index (κ3) is 2.61. The number of imidazole rings is 1. The minimum Gasteiger partial charge on any atom is -0.332 e. The summed E-state index contributed by atoms with van der Waals surface area (Å²) in [5, 5.41) is 12.2. The lowest BCUT2D eigenvalue weighted by molar-refractivity contribution is 0.362. The molecule has 2 unspecified atom stereocenters. The van der Waals surface area contributed by atoms with E-state index in [0.29, 0.717) is 0 Å². The van der Waals surface area contributed by atoms with Gasteiger partial charge in [0, 0.05) is 24.9 Å². The summed E-state index contributed by atoms with van der Waals surface area (Å²) in [5.74, 6) is 1.07. The number of hydrogen-bond acceptors (Lipinski definition) is 3. The van der Waals surface area contributed by atoms with Crippen LogP contribution in [0.25, 0.3) is 0 Å². The molecule has 0 saturated heterocycles. The summed E-state index contributed by atoms with van der Waals surface area (Å²) in [5.41, 5.74) is -0.477. The molecule has 1 aromatic heterocycles. The van der Waals surface area contributed by atoms with E-state index in [4.69, 9.17) is 5.26 Å². The highest BCUT2D eigenvalue weighted by Crippen LogP contribution is 2.21. The van der Waals surface area contributed by atoms with Gasteiger partial charge in [0.1, 0.15) is 11.4 Å². The molecule has 0 bridgehead atoms. The number of nitriles is 1. The third-order valence-electron chi connectivity index (χ3n) is 3.04. The van der Waals surface area contributed by atoms with Crippen LogP contribution >= 0.6 is 0 Å². The fourth-order valence-corrected chi connectivity index (χ4v) is 1.91. The highest BCUT2D eigenvalue weighted by molar-refractivity contribution is 5.05. The Morgan fingerprint density at radius 2 is 2.38 bits per heavy atom. The van der Waals surface area contributed by atoms with Crippen LogP contribution in [0.4, 0.5) is 0 Å². The molecule has 1 N–H and O–H groups in total. The van der Waals surface area contributed by atoms with E-state index < -0.39 is 5.54 Å². The minimum atomic E-state index is -0.477. The van der Waals surface area contributed by atoms with Gasteiger partial charge < -0.3 is 9.88 Å². The van der Waals surface area contributed by atoms with Crippen LogP contribution in [0.15, 0.2) is 12.4 Å². The summed E-state index contributed by atoms with van der Waals surface area (Å²) in [4.78, 5) is 4.30. The molecule has 0 amide bonds. The van der Waals surface area contributed by atoms with Crippen LogP contribution in [0.5, 0.6) is 0 Å². The maximum Gasteiger partial charge on any atom is 0.108 e. The first-order valence-electron chi connectivity index (χ1n) is 5.68. The van der Waals surface area contributed by atoms with Crippen LogP contribution in [-0.4, -0.2) is 22.1 Å². The lowest BCUT2D eigenvalue weighted by atomic mass is 9.95. The van der Waals surface area contributed by atoms with Crippen molar-refractivity contribution >= 4 is 0 Å². The summed E-state index contributed by atoms with van der Waals surface area (Å²) < 4.78 is 2.15. The molecule has 1 rings (SSSR count). The topological polar surface area (TPSA) is 53.6 Å². The van der Waals surface area contributed by atoms with Crippen molar-refractivity contribution in [3.63, 3.8) is 0 Å². The minimum absolute atomic E-state index is 0.273. The Hall–Kier alpha value is -1.34. The lowest BCUT2D eigenvalue weighted by Gasteiger charge is -2.26. The second kappa shape index (κ2) is 5.13. The predicted octanol–water partition coefficient (Wildman–Crippen LogP) is 1.90. The van der Waals surface area contributed by atoms with Gasteiger partial charge >= 0.3 is 0 Å². The summed E-state index contributed by atoms with van der Waals surface area (Å²) >= 11 is 0. The van der Waals surface area contributed by atoms with Crippen molar-refractivity contribution in [1.29, 1.82) is 5.26 Å². The number of nitrogens with one attached hydrogen (secondary N) is 1. The van der Waals surface area contributed by atoms with E-state index in [1.165, 1.54) is 0 Å². The fourth-order valence-electron chi connectivity index (χ4n) is 1.91. The highest BCUT2D eigenvalue weighted by Gasteiger charge is 2.25. The Balaban J connectivity index is 2.80. The molecule has 4 heteroatoms. The molecule has 1 aromatic rings. The largest absolute Gasteiger partial charge is 0.332 e. The SMILES string of the molecule is CCc1nccn1C(C)CC(C)(C#N)NC. The van der Waals surface area contributed by atoms with E-state index in [0.717, 1.165) is 18.7 Å². The number of nitrogens with zero attached hydrogens (tertiary/aromatic N) is 3. The van der Waals surface area contributed by atoms with Crippen molar-refractivity contribution in [1.82, 2.24) is 14.9 Å². The van der Waals surface area contributed by atoms with Crippen molar-refractivity contribution < 1.29 is 0 Å². The number of aryl methyl sites for hydroxylation is 1. The first-order valence-corrected chi connectivity index (χ1v) is 5.68. The van der Waals surface area contributed by atoms with Gasteiger partial charge in [-0.3, -0.25) is 0 Å². The van der Waals surface area contributed by atoms with E-state index in [1.807, 2.05) is 26.4 Å². The van der Waals surface area contributed by atoms with Crippen LogP contribution < -0.4 is 5.32 Å². The molecule has 16 heavy (non-hydrogen) atoms. The van der Waals surface area contributed by atoms with E-state index in [-0.39, 0.29) is 6.04 Å². The molecule has 1 heterocycles. The summed E-state index contributed by atoms with van der Waals surface area (Å²) in [7, 11) is 1.82. The second-order valence-electron chi connectivity index (χ2n) is 4.35. The lowest BCUT2D eigenvalue weighted by Crippen LogP contribution is -2.40. The molecule has 2 atom stereocenters. The second-order valence-corrected chi connectivity index (χ2v) is 4.35. The normalized spacial score (nSPS) is 16.4. The zero-order valence-electron chi connectivity index (χ0n) is 10.5. The zero-order chi connectivity index (χ0) is 12.2.